The normalized spacial score (nSPS) is 12.2. The largest absolute Gasteiger partial charge is 0.291 e. The average Bonchev–Trinajstić information content (AvgIpc) is 3.11. The summed E-state index contributed by atoms with van der Waals surface area (Å²) in [5.74, 6) is 0.545. The molecule has 0 spiro atoms. The Labute approximate surface area is 154 Å². The van der Waals surface area contributed by atoms with Crippen molar-refractivity contribution in [2.75, 3.05) is 0 Å². The molecular formula is C17H9BrClN3OS. The lowest BCUT2D eigenvalue weighted by Gasteiger charge is -1.94. The van der Waals surface area contributed by atoms with Gasteiger partial charge in [-0.15, -0.1) is 5.10 Å². The van der Waals surface area contributed by atoms with E-state index < -0.39 is 0 Å². The molecule has 118 valence electrons. The van der Waals surface area contributed by atoms with Gasteiger partial charge in [-0.2, -0.15) is 9.50 Å². The Kier molecular flexibility index (Phi) is 3.96. The lowest BCUT2D eigenvalue weighted by molar-refractivity contribution is 0.937. The first-order chi connectivity index (χ1) is 11.6. The van der Waals surface area contributed by atoms with Gasteiger partial charge in [-0.25, -0.2) is 0 Å². The van der Waals surface area contributed by atoms with Crippen molar-refractivity contribution in [3.05, 3.63) is 78.5 Å². The molecule has 2 aromatic heterocycles. The number of thiazole rings is 1. The molecule has 4 rings (SSSR count). The zero-order valence-electron chi connectivity index (χ0n) is 12.1. The maximum Gasteiger partial charge on any atom is 0.291 e. The molecule has 0 aliphatic heterocycles. The highest BCUT2D eigenvalue weighted by Gasteiger charge is 2.11. The van der Waals surface area contributed by atoms with Crippen molar-refractivity contribution in [1.29, 1.82) is 0 Å². The summed E-state index contributed by atoms with van der Waals surface area (Å²) < 4.78 is 2.93. The van der Waals surface area contributed by atoms with Crippen molar-refractivity contribution in [3.8, 4) is 11.4 Å². The van der Waals surface area contributed by atoms with Crippen molar-refractivity contribution in [1.82, 2.24) is 14.6 Å². The number of hydrogen-bond donors (Lipinski definition) is 0. The third-order valence-electron chi connectivity index (χ3n) is 3.45. The van der Waals surface area contributed by atoms with Crippen LogP contribution >= 0.6 is 38.9 Å². The number of fused-ring (bicyclic) bond motifs is 1. The molecule has 2 heterocycles. The summed E-state index contributed by atoms with van der Waals surface area (Å²) in [6.07, 6.45) is 1.82. The Morgan fingerprint density at radius 2 is 1.79 bits per heavy atom. The van der Waals surface area contributed by atoms with Gasteiger partial charge in [-0.3, -0.25) is 4.79 Å². The highest BCUT2D eigenvalue weighted by molar-refractivity contribution is 9.10. The van der Waals surface area contributed by atoms with E-state index in [1.165, 1.54) is 15.9 Å². The van der Waals surface area contributed by atoms with E-state index in [4.69, 9.17) is 11.6 Å². The quantitative estimate of drug-likeness (QED) is 0.498. The molecule has 0 atom stereocenters. The lowest BCUT2D eigenvalue weighted by Crippen LogP contribution is -2.23. The summed E-state index contributed by atoms with van der Waals surface area (Å²) in [5, 5.41) is 5.00. The molecule has 0 bridgehead atoms. The first kappa shape index (κ1) is 15.5. The average molecular weight is 419 g/mol. The molecule has 0 fully saturated rings. The number of rotatable bonds is 2. The van der Waals surface area contributed by atoms with Crippen molar-refractivity contribution >= 4 is 49.9 Å². The Bertz CT molecular complexity index is 1130. The minimum Gasteiger partial charge on any atom is -0.266 e. The maximum atomic E-state index is 12.5. The van der Waals surface area contributed by atoms with Gasteiger partial charge in [0, 0.05) is 15.1 Å². The number of aromatic nitrogens is 3. The monoisotopic (exact) mass is 417 g/mol. The summed E-state index contributed by atoms with van der Waals surface area (Å²) in [7, 11) is 0. The minimum absolute atomic E-state index is 0.166. The van der Waals surface area contributed by atoms with E-state index in [9.17, 15) is 4.79 Å². The number of benzene rings is 2. The van der Waals surface area contributed by atoms with E-state index in [-0.39, 0.29) is 5.56 Å². The van der Waals surface area contributed by atoms with Crippen LogP contribution in [0.25, 0.3) is 22.4 Å². The second-order valence-corrected chi connectivity index (χ2v) is 7.47. The second-order valence-electron chi connectivity index (χ2n) is 5.10. The predicted molar refractivity (Wildman–Crippen MR) is 101 cm³/mol. The van der Waals surface area contributed by atoms with Crippen LogP contribution in [0, 0.1) is 0 Å². The molecule has 0 aliphatic carbocycles. The van der Waals surface area contributed by atoms with E-state index in [2.05, 4.69) is 26.0 Å². The molecule has 0 radical (unpaired) electrons. The molecule has 24 heavy (non-hydrogen) atoms. The molecule has 0 aliphatic rings. The van der Waals surface area contributed by atoms with E-state index in [0.717, 1.165) is 15.6 Å². The summed E-state index contributed by atoms with van der Waals surface area (Å²) >= 11 is 10.6. The summed E-state index contributed by atoms with van der Waals surface area (Å²) in [6, 6.07) is 15.0. The topological polar surface area (TPSA) is 47.3 Å². The Morgan fingerprint density at radius 1 is 1.08 bits per heavy atom. The van der Waals surface area contributed by atoms with Crippen LogP contribution in [0.5, 0.6) is 0 Å². The zero-order valence-corrected chi connectivity index (χ0v) is 15.3. The SMILES string of the molecule is O=c1c(=Cc2ccc(Cl)cc2)sc2nc(-c3ccc(Br)cc3)nn12. The fourth-order valence-corrected chi connectivity index (χ4v) is 3.56. The highest BCUT2D eigenvalue weighted by Crippen LogP contribution is 2.19. The van der Waals surface area contributed by atoms with Gasteiger partial charge in [0.1, 0.15) is 0 Å². The van der Waals surface area contributed by atoms with Crippen LogP contribution in [0.15, 0.2) is 57.8 Å². The van der Waals surface area contributed by atoms with Gasteiger partial charge >= 0.3 is 0 Å². The van der Waals surface area contributed by atoms with Gasteiger partial charge in [-0.1, -0.05) is 63.1 Å². The van der Waals surface area contributed by atoms with Crippen LogP contribution in [-0.2, 0) is 0 Å². The second kappa shape index (κ2) is 6.12. The maximum absolute atomic E-state index is 12.5. The van der Waals surface area contributed by atoms with Crippen LogP contribution in [0.4, 0.5) is 0 Å². The summed E-state index contributed by atoms with van der Waals surface area (Å²) in [5.41, 5.74) is 1.62. The Balaban J connectivity index is 1.79. The molecule has 4 aromatic rings. The third-order valence-corrected chi connectivity index (χ3v) is 5.19. The minimum atomic E-state index is -0.166. The van der Waals surface area contributed by atoms with Crippen molar-refractivity contribution < 1.29 is 0 Å². The zero-order chi connectivity index (χ0) is 16.7. The predicted octanol–water partition coefficient (Wildman–Crippen LogP) is 3.78. The number of hydrogen-bond acceptors (Lipinski definition) is 4. The highest BCUT2D eigenvalue weighted by atomic mass is 79.9. The first-order valence-corrected chi connectivity index (χ1v) is 9.02. The van der Waals surface area contributed by atoms with E-state index in [0.29, 0.717) is 20.3 Å². The van der Waals surface area contributed by atoms with E-state index in [1.54, 1.807) is 12.1 Å². The smallest absolute Gasteiger partial charge is 0.266 e. The molecule has 0 saturated heterocycles. The van der Waals surface area contributed by atoms with Crippen LogP contribution in [0.3, 0.4) is 0 Å². The molecule has 7 heteroatoms. The Hall–Kier alpha value is -2.02. The molecule has 0 unspecified atom stereocenters. The first-order valence-electron chi connectivity index (χ1n) is 7.03. The van der Waals surface area contributed by atoms with Crippen LogP contribution in [-0.4, -0.2) is 14.6 Å². The van der Waals surface area contributed by atoms with Gasteiger partial charge in [0.05, 0.1) is 4.53 Å². The molecular weight excluding hydrogens is 410 g/mol. The van der Waals surface area contributed by atoms with Gasteiger partial charge in [0.25, 0.3) is 5.56 Å². The molecule has 0 amide bonds. The van der Waals surface area contributed by atoms with Gasteiger partial charge in [-0.05, 0) is 35.9 Å². The summed E-state index contributed by atoms with van der Waals surface area (Å²) in [4.78, 5) is 17.5. The van der Waals surface area contributed by atoms with E-state index in [1.807, 2.05) is 42.5 Å². The van der Waals surface area contributed by atoms with Gasteiger partial charge in [0.15, 0.2) is 5.82 Å². The van der Waals surface area contributed by atoms with Crippen LogP contribution < -0.4 is 10.1 Å². The summed E-state index contributed by atoms with van der Waals surface area (Å²) in [6.45, 7) is 0. The van der Waals surface area contributed by atoms with Gasteiger partial charge < -0.3 is 0 Å². The van der Waals surface area contributed by atoms with Crippen molar-refractivity contribution in [3.63, 3.8) is 0 Å². The van der Waals surface area contributed by atoms with Crippen LogP contribution in [0.1, 0.15) is 5.56 Å². The molecule has 4 nitrogen and oxygen atoms in total. The lowest BCUT2D eigenvalue weighted by atomic mass is 10.2. The van der Waals surface area contributed by atoms with E-state index >= 15 is 0 Å². The fraction of sp³-hybridized carbons (Fsp3) is 0. The molecule has 2 aromatic carbocycles. The molecule has 0 N–H and O–H groups in total. The van der Waals surface area contributed by atoms with Crippen molar-refractivity contribution in [2.24, 2.45) is 0 Å². The number of halogens is 2. The fourth-order valence-electron chi connectivity index (χ4n) is 2.27. The third kappa shape index (κ3) is 2.88. The number of nitrogens with zero attached hydrogens (tertiary/aromatic N) is 3. The Morgan fingerprint density at radius 3 is 2.46 bits per heavy atom. The standard InChI is InChI=1S/C17H9BrClN3OS/c18-12-5-3-11(4-6-12)15-20-17-22(21-15)16(23)14(24-17)9-10-1-7-13(19)8-2-10/h1-9H. The van der Waals surface area contributed by atoms with Crippen LogP contribution in [0.2, 0.25) is 5.02 Å². The van der Waals surface area contributed by atoms with Crippen molar-refractivity contribution in [2.45, 2.75) is 0 Å². The van der Waals surface area contributed by atoms with Gasteiger partial charge in [0.2, 0.25) is 4.96 Å². The molecule has 0 saturated carbocycles.